The maximum Gasteiger partial charge on any atom is 0.573 e. The molecular formula is C23H16F6N2O5. The molecule has 0 saturated heterocycles. The van der Waals surface area contributed by atoms with E-state index in [4.69, 9.17) is 4.74 Å². The van der Waals surface area contributed by atoms with Gasteiger partial charge in [-0.1, -0.05) is 0 Å². The largest absolute Gasteiger partial charge is 0.573 e. The molecule has 3 aromatic carbocycles. The van der Waals surface area contributed by atoms with Gasteiger partial charge in [0.25, 0.3) is 11.8 Å². The number of nitrogens with one attached hydrogen (secondary N) is 2. The van der Waals surface area contributed by atoms with Crippen molar-refractivity contribution < 1.29 is 50.1 Å². The summed E-state index contributed by atoms with van der Waals surface area (Å²) in [5.74, 6) is -2.24. The van der Waals surface area contributed by atoms with Gasteiger partial charge in [-0.2, -0.15) is 0 Å². The second-order valence-electron chi connectivity index (χ2n) is 6.97. The summed E-state index contributed by atoms with van der Waals surface area (Å²) in [5, 5.41) is 4.94. The van der Waals surface area contributed by atoms with E-state index in [2.05, 4.69) is 20.1 Å². The number of alkyl halides is 6. The molecule has 7 nitrogen and oxygen atoms in total. The molecule has 3 aromatic rings. The average molecular weight is 514 g/mol. The van der Waals surface area contributed by atoms with Gasteiger partial charge in [0, 0.05) is 16.9 Å². The van der Waals surface area contributed by atoms with Crippen molar-refractivity contribution >= 4 is 23.2 Å². The van der Waals surface area contributed by atoms with Crippen molar-refractivity contribution in [1.82, 2.24) is 0 Å². The maximum absolute atomic E-state index is 12.8. The van der Waals surface area contributed by atoms with Gasteiger partial charge in [0.2, 0.25) is 0 Å². The number of amides is 2. The van der Waals surface area contributed by atoms with E-state index >= 15 is 0 Å². The first-order valence-corrected chi connectivity index (χ1v) is 9.85. The summed E-state index contributed by atoms with van der Waals surface area (Å²) in [6.07, 6.45) is -9.72. The molecular weight excluding hydrogens is 498 g/mol. The second-order valence-corrected chi connectivity index (χ2v) is 6.97. The van der Waals surface area contributed by atoms with Crippen molar-refractivity contribution in [1.29, 1.82) is 0 Å². The van der Waals surface area contributed by atoms with Crippen LogP contribution in [0.25, 0.3) is 0 Å². The summed E-state index contributed by atoms with van der Waals surface area (Å²) >= 11 is 0. The van der Waals surface area contributed by atoms with Gasteiger partial charge in [-0.25, -0.2) is 0 Å². The van der Waals surface area contributed by atoms with Crippen molar-refractivity contribution in [3.05, 3.63) is 77.9 Å². The molecule has 0 aliphatic heterocycles. The minimum Gasteiger partial charge on any atom is -0.496 e. The first kappa shape index (κ1) is 26.2. The van der Waals surface area contributed by atoms with Gasteiger partial charge >= 0.3 is 12.7 Å². The lowest BCUT2D eigenvalue weighted by atomic mass is 10.1. The van der Waals surface area contributed by atoms with Crippen LogP contribution >= 0.6 is 0 Å². The SMILES string of the molecule is COc1ccc(C(=O)Nc2ccc(OC(F)(F)F)cc2)cc1C(=O)Nc1ccc(OC(F)(F)F)cc1. The summed E-state index contributed by atoms with van der Waals surface area (Å²) in [7, 11) is 1.29. The van der Waals surface area contributed by atoms with Crippen LogP contribution in [0.1, 0.15) is 20.7 Å². The summed E-state index contributed by atoms with van der Waals surface area (Å²) in [6, 6.07) is 12.7. The van der Waals surface area contributed by atoms with Crippen molar-refractivity contribution in [2.24, 2.45) is 0 Å². The third kappa shape index (κ3) is 7.55. The molecule has 3 rings (SSSR count). The molecule has 0 unspecified atom stereocenters. The zero-order chi connectivity index (χ0) is 26.5. The molecule has 0 spiro atoms. The van der Waals surface area contributed by atoms with E-state index in [9.17, 15) is 35.9 Å². The predicted octanol–water partition coefficient (Wildman–Crippen LogP) is 6.00. The van der Waals surface area contributed by atoms with Gasteiger partial charge < -0.3 is 24.8 Å². The Balaban J connectivity index is 1.72. The van der Waals surface area contributed by atoms with Crippen molar-refractivity contribution in [3.63, 3.8) is 0 Å². The summed E-state index contributed by atoms with van der Waals surface area (Å²) in [5.41, 5.74) is 0.269. The number of benzene rings is 3. The van der Waals surface area contributed by atoms with Crippen LogP contribution in [0, 0.1) is 0 Å². The fourth-order valence-corrected chi connectivity index (χ4v) is 2.91. The summed E-state index contributed by atoms with van der Waals surface area (Å²) in [6.45, 7) is 0. The Bertz CT molecular complexity index is 1230. The quantitative estimate of drug-likeness (QED) is 0.378. The molecule has 0 fully saturated rings. The topological polar surface area (TPSA) is 85.9 Å². The molecule has 0 aliphatic rings. The maximum atomic E-state index is 12.8. The molecule has 0 bridgehead atoms. The van der Waals surface area contributed by atoms with E-state index in [1.807, 2.05) is 0 Å². The molecule has 0 radical (unpaired) electrons. The number of carbonyl (C=O) groups excluding carboxylic acids is 2. The Morgan fingerprint density at radius 1 is 0.667 bits per heavy atom. The molecule has 0 atom stereocenters. The van der Waals surface area contributed by atoms with E-state index in [1.54, 1.807) is 0 Å². The number of hydrogen-bond acceptors (Lipinski definition) is 5. The first-order valence-electron chi connectivity index (χ1n) is 9.85. The zero-order valence-electron chi connectivity index (χ0n) is 18.2. The smallest absolute Gasteiger partial charge is 0.496 e. The van der Waals surface area contributed by atoms with E-state index in [-0.39, 0.29) is 28.3 Å². The van der Waals surface area contributed by atoms with Crippen LogP contribution in [-0.2, 0) is 0 Å². The van der Waals surface area contributed by atoms with Crippen LogP contribution in [0.4, 0.5) is 37.7 Å². The second kappa shape index (κ2) is 10.5. The number of hydrogen-bond donors (Lipinski definition) is 2. The Kier molecular flexibility index (Phi) is 7.61. The Morgan fingerprint density at radius 3 is 1.53 bits per heavy atom. The van der Waals surface area contributed by atoms with Crippen LogP contribution in [0.15, 0.2) is 66.7 Å². The van der Waals surface area contributed by atoms with E-state index < -0.39 is 36.0 Å². The Hall–Kier alpha value is -4.42. The molecule has 0 aromatic heterocycles. The average Bonchev–Trinajstić information content (AvgIpc) is 2.79. The monoisotopic (exact) mass is 514 g/mol. The fraction of sp³-hybridized carbons (Fsp3) is 0.130. The highest BCUT2D eigenvalue weighted by Crippen LogP contribution is 2.27. The normalized spacial score (nSPS) is 11.4. The van der Waals surface area contributed by atoms with Gasteiger partial charge in [0.15, 0.2) is 0 Å². The van der Waals surface area contributed by atoms with Gasteiger partial charge in [-0.15, -0.1) is 26.3 Å². The van der Waals surface area contributed by atoms with E-state index in [1.165, 1.54) is 49.6 Å². The highest BCUT2D eigenvalue weighted by molar-refractivity contribution is 6.10. The van der Waals surface area contributed by atoms with Gasteiger partial charge in [-0.05, 0) is 66.7 Å². The number of anilines is 2. The standard InChI is InChI=1S/C23H16F6N2O5/c1-34-19-11-2-13(20(32)30-14-3-7-16(8-4-14)35-22(24,25)26)12-18(19)21(33)31-15-5-9-17(10-6-15)36-23(27,28)29/h2-12H,1H3,(H,30,32)(H,31,33). The summed E-state index contributed by atoms with van der Waals surface area (Å²) in [4.78, 5) is 25.4. The first-order chi connectivity index (χ1) is 16.8. The highest BCUT2D eigenvalue weighted by Gasteiger charge is 2.31. The summed E-state index contributed by atoms with van der Waals surface area (Å²) < 4.78 is 86.4. The number of methoxy groups -OCH3 is 1. The van der Waals surface area contributed by atoms with Crippen molar-refractivity contribution in [3.8, 4) is 17.2 Å². The molecule has 2 amide bonds. The molecule has 2 N–H and O–H groups in total. The molecule has 0 heterocycles. The lowest BCUT2D eigenvalue weighted by Gasteiger charge is -2.13. The van der Waals surface area contributed by atoms with Crippen molar-refractivity contribution in [2.45, 2.75) is 12.7 Å². The lowest BCUT2D eigenvalue weighted by molar-refractivity contribution is -0.275. The predicted molar refractivity (Wildman–Crippen MR) is 115 cm³/mol. The Morgan fingerprint density at radius 2 is 1.11 bits per heavy atom. The van der Waals surface area contributed by atoms with Crippen LogP contribution in [0.5, 0.6) is 17.2 Å². The lowest BCUT2D eigenvalue weighted by Crippen LogP contribution is -2.18. The Labute approximate surface area is 199 Å². The minimum absolute atomic E-state index is 0.0190. The molecule has 13 heteroatoms. The third-order valence-electron chi connectivity index (χ3n) is 4.40. The van der Waals surface area contributed by atoms with Crippen LogP contribution in [0.3, 0.4) is 0 Å². The fourth-order valence-electron chi connectivity index (χ4n) is 2.91. The zero-order valence-corrected chi connectivity index (χ0v) is 18.2. The third-order valence-corrected chi connectivity index (χ3v) is 4.40. The van der Waals surface area contributed by atoms with Crippen LogP contribution in [-0.4, -0.2) is 31.6 Å². The number of rotatable bonds is 7. The van der Waals surface area contributed by atoms with E-state index in [0.717, 1.165) is 24.3 Å². The number of carbonyl (C=O) groups is 2. The molecule has 0 saturated carbocycles. The van der Waals surface area contributed by atoms with Crippen molar-refractivity contribution in [2.75, 3.05) is 17.7 Å². The minimum atomic E-state index is -4.86. The highest BCUT2D eigenvalue weighted by atomic mass is 19.4. The van der Waals surface area contributed by atoms with Crippen LogP contribution in [0.2, 0.25) is 0 Å². The van der Waals surface area contributed by atoms with E-state index in [0.29, 0.717) is 0 Å². The number of halogens is 6. The van der Waals surface area contributed by atoms with Gasteiger partial charge in [0.05, 0.1) is 12.7 Å². The van der Waals surface area contributed by atoms with Gasteiger partial charge in [0.1, 0.15) is 17.2 Å². The molecule has 36 heavy (non-hydrogen) atoms. The van der Waals surface area contributed by atoms with Gasteiger partial charge in [-0.3, -0.25) is 9.59 Å². The van der Waals surface area contributed by atoms with Crippen LogP contribution < -0.4 is 24.8 Å². The number of ether oxygens (including phenoxy) is 3. The molecule has 0 aliphatic carbocycles. The molecule has 190 valence electrons.